The Labute approximate surface area is 194 Å². The fraction of sp³-hybridized carbons (Fsp3) is 0.217. The van der Waals surface area contributed by atoms with Gasteiger partial charge in [-0.3, -0.25) is 15.0 Å². The van der Waals surface area contributed by atoms with Crippen LogP contribution in [0.2, 0.25) is 5.02 Å². The number of pyridine rings is 1. The molecule has 0 unspecified atom stereocenters. The molecule has 0 aliphatic carbocycles. The lowest BCUT2D eigenvalue weighted by Crippen LogP contribution is -2.37. The third-order valence-electron chi connectivity index (χ3n) is 5.79. The highest BCUT2D eigenvalue weighted by Gasteiger charge is 2.26. The van der Waals surface area contributed by atoms with Crippen molar-refractivity contribution >= 4 is 51.4 Å². The van der Waals surface area contributed by atoms with Gasteiger partial charge in [0.25, 0.3) is 0 Å². The highest BCUT2D eigenvalue weighted by molar-refractivity contribution is 6.35. The average molecular weight is 466 g/mol. The number of aliphatic imine (C=N–C) groups is 1. The van der Waals surface area contributed by atoms with Crippen LogP contribution in [0.5, 0.6) is 0 Å². The first-order valence-corrected chi connectivity index (χ1v) is 10.8. The predicted molar refractivity (Wildman–Crippen MR) is 129 cm³/mol. The van der Waals surface area contributed by atoms with Crippen LogP contribution in [0.15, 0.2) is 41.5 Å². The van der Waals surface area contributed by atoms with Gasteiger partial charge in [0.1, 0.15) is 23.5 Å². The molecule has 0 atom stereocenters. The van der Waals surface area contributed by atoms with Gasteiger partial charge >= 0.3 is 0 Å². The number of nitrogens with two attached hydrogens (primary N) is 1. The van der Waals surface area contributed by atoms with Crippen LogP contribution in [0, 0.1) is 18.2 Å². The smallest absolute Gasteiger partial charge is 0.159 e. The molecule has 0 bridgehead atoms. The standard InChI is InChI=1S/C23H21ClFN7O/c1-13-30-22-18(32(13)16-5-6-28-21-14(16)3-2-4-15(21)24)11-17(31-7-9-33-10-8-31)20(25)19(22)23(27)29-12-26/h2-6,11-12H,7-10H2,1H3,(H3,26,27,29). The van der Waals surface area contributed by atoms with Crippen LogP contribution in [-0.4, -0.2) is 53.0 Å². The number of para-hydroxylation sites is 1. The number of fused-ring (bicyclic) bond motifs is 2. The number of amidine groups is 1. The maximum atomic E-state index is 15.8. The summed E-state index contributed by atoms with van der Waals surface area (Å²) in [4.78, 5) is 14.8. The molecule has 0 amide bonds. The molecule has 10 heteroatoms. The van der Waals surface area contributed by atoms with Crippen LogP contribution in [0.25, 0.3) is 27.6 Å². The number of halogens is 2. The van der Waals surface area contributed by atoms with Crippen LogP contribution >= 0.6 is 11.6 Å². The number of benzene rings is 2. The molecular formula is C23H21ClFN7O. The van der Waals surface area contributed by atoms with Crippen LogP contribution in [0.3, 0.4) is 0 Å². The van der Waals surface area contributed by atoms with Crippen molar-refractivity contribution in [1.29, 1.82) is 5.41 Å². The van der Waals surface area contributed by atoms with Gasteiger partial charge in [-0.15, -0.1) is 0 Å². The van der Waals surface area contributed by atoms with E-state index in [-0.39, 0.29) is 11.4 Å². The number of nitrogens with zero attached hydrogens (tertiary/aromatic N) is 5. The van der Waals surface area contributed by atoms with Crippen molar-refractivity contribution in [2.24, 2.45) is 10.7 Å². The lowest BCUT2D eigenvalue weighted by atomic mass is 10.1. The highest BCUT2D eigenvalue weighted by atomic mass is 35.5. The summed E-state index contributed by atoms with van der Waals surface area (Å²) in [5, 5.41) is 8.70. The number of anilines is 1. The molecule has 0 radical (unpaired) electrons. The number of nitrogens with one attached hydrogen (secondary N) is 1. The quantitative estimate of drug-likeness (QED) is 0.352. The summed E-state index contributed by atoms with van der Waals surface area (Å²) < 4.78 is 23.2. The molecule has 1 aliphatic rings. The minimum absolute atomic E-state index is 0.0794. The lowest BCUT2D eigenvalue weighted by Gasteiger charge is -2.29. The first-order valence-electron chi connectivity index (χ1n) is 10.4. The maximum Gasteiger partial charge on any atom is 0.159 e. The Hall–Kier alpha value is -3.56. The molecule has 1 aliphatic heterocycles. The molecule has 168 valence electrons. The van der Waals surface area contributed by atoms with Gasteiger partial charge < -0.3 is 15.4 Å². The molecule has 2 aromatic heterocycles. The van der Waals surface area contributed by atoms with Gasteiger partial charge in [-0.05, 0) is 25.1 Å². The van der Waals surface area contributed by atoms with Gasteiger partial charge in [0.05, 0.1) is 46.2 Å². The first kappa shape index (κ1) is 21.3. The Bertz CT molecular complexity index is 1430. The zero-order valence-electron chi connectivity index (χ0n) is 17.8. The highest BCUT2D eigenvalue weighted by Crippen LogP contribution is 2.35. The number of hydrogen-bond donors (Lipinski definition) is 2. The van der Waals surface area contributed by atoms with Crippen molar-refractivity contribution in [2.45, 2.75) is 6.92 Å². The zero-order valence-corrected chi connectivity index (χ0v) is 18.6. The Balaban J connectivity index is 1.86. The number of ether oxygens (including phenoxy) is 1. The summed E-state index contributed by atoms with van der Waals surface area (Å²) >= 11 is 6.39. The van der Waals surface area contributed by atoms with Crippen molar-refractivity contribution in [3.8, 4) is 5.69 Å². The van der Waals surface area contributed by atoms with Crippen molar-refractivity contribution in [1.82, 2.24) is 14.5 Å². The maximum absolute atomic E-state index is 15.8. The normalized spacial score (nSPS) is 14.9. The topological polar surface area (TPSA) is 105 Å². The molecule has 0 spiro atoms. The first-order chi connectivity index (χ1) is 16.0. The second-order valence-electron chi connectivity index (χ2n) is 7.66. The SMILES string of the molecule is Cc1nc2c(C(N)=NC=N)c(F)c(N3CCOCC3)cc2n1-c1ccnc2c(Cl)cccc12. The summed E-state index contributed by atoms with van der Waals surface area (Å²) in [5.74, 6) is 0.0228. The van der Waals surface area contributed by atoms with Gasteiger partial charge in [0.15, 0.2) is 5.82 Å². The molecule has 2 aromatic carbocycles. The minimum Gasteiger partial charge on any atom is -0.383 e. The van der Waals surface area contributed by atoms with Crippen molar-refractivity contribution in [3.63, 3.8) is 0 Å². The number of rotatable bonds is 4. The van der Waals surface area contributed by atoms with Gasteiger partial charge in [-0.2, -0.15) is 0 Å². The van der Waals surface area contributed by atoms with Crippen molar-refractivity contribution < 1.29 is 9.13 Å². The molecule has 4 aromatic rings. The molecule has 5 rings (SSSR count). The van der Waals surface area contributed by atoms with Crippen LogP contribution in [0.4, 0.5) is 10.1 Å². The molecule has 3 N–H and O–H groups in total. The largest absolute Gasteiger partial charge is 0.383 e. The van der Waals surface area contributed by atoms with Crippen molar-refractivity contribution in [2.75, 3.05) is 31.2 Å². The molecule has 33 heavy (non-hydrogen) atoms. The molecule has 1 fully saturated rings. The van der Waals surface area contributed by atoms with E-state index in [9.17, 15) is 0 Å². The number of morpholine rings is 1. The molecule has 8 nitrogen and oxygen atoms in total. The van der Waals surface area contributed by atoms with E-state index >= 15 is 4.39 Å². The summed E-state index contributed by atoms with van der Waals surface area (Å²) in [6, 6.07) is 9.25. The molecule has 3 heterocycles. The van der Waals surface area contributed by atoms with Crippen LogP contribution < -0.4 is 10.6 Å². The fourth-order valence-electron chi connectivity index (χ4n) is 4.32. The minimum atomic E-state index is -0.514. The summed E-state index contributed by atoms with van der Waals surface area (Å²) in [6.07, 6.45) is 2.48. The van der Waals surface area contributed by atoms with Gasteiger partial charge in [-0.1, -0.05) is 23.7 Å². The Morgan fingerprint density at radius 3 is 2.79 bits per heavy atom. The number of aromatic nitrogens is 3. The third-order valence-corrected chi connectivity index (χ3v) is 6.09. The van der Waals surface area contributed by atoms with Crippen molar-refractivity contribution in [3.05, 3.63) is 58.8 Å². The molecule has 0 saturated carbocycles. The second kappa shape index (κ2) is 8.42. The van der Waals surface area contributed by atoms with E-state index in [1.807, 2.05) is 34.6 Å². The fourth-order valence-corrected chi connectivity index (χ4v) is 4.54. The van der Waals surface area contributed by atoms with E-state index in [1.165, 1.54) is 0 Å². The van der Waals surface area contributed by atoms with Crippen LogP contribution in [0.1, 0.15) is 11.4 Å². The van der Waals surface area contributed by atoms with Gasteiger partial charge in [0, 0.05) is 24.7 Å². The summed E-state index contributed by atoms with van der Waals surface area (Å²) in [5.41, 5.74) is 9.11. The zero-order chi connectivity index (χ0) is 23.1. The van der Waals surface area contributed by atoms with E-state index in [2.05, 4.69) is 15.0 Å². The average Bonchev–Trinajstić information content (AvgIpc) is 3.14. The summed E-state index contributed by atoms with van der Waals surface area (Å²) in [6.45, 7) is 3.94. The van der Waals surface area contributed by atoms with Gasteiger partial charge in [-0.25, -0.2) is 14.4 Å². The number of imidazole rings is 1. The van der Waals surface area contributed by atoms with Gasteiger partial charge in [0.2, 0.25) is 0 Å². The number of hydrogen-bond acceptors (Lipinski definition) is 5. The predicted octanol–water partition coefficient (Wildman–Crippen LogP) is 3.82. The lowest BCUT2D eigenvalue weighted by molar-refractivity contribution is 0.122. The molecule has 1 saturated heterocycles. The van der Waals surface area contributed by atoms with E-state index in [0.29, 0.717) is 59.4 Å². The second-order valence-corrected chi connectivity index (χ2v) is 8.06. The Morgan fingerprint density at radius 2 is 2.03 bits per heavy atom. The Kier molecular flexibility index (Phi) is 5.43. The number of aryl methyl sites for hydroxylation is 1. The Morgan fingerprint density at radius 1 is 1.24 bits per heavy atom. The van der Waals surface area contributed by atoms with Crippen LogP contribution in [-0.2, 0) is 4.74 Å². The monoisotopic (exact) mass is 465 g/mol. The third kappa shape index (κ3) is 3.49. The van der Waals surface area contributed by atoms with E-state index in [0.717, 1.165) is 17.4 Å². The van der Waals surface area contributed by atoms with E-state index in [1.54, 1.807) is 18.3 Å². The molecular weight excluding hydrogens is 445 g/mol. The summed E-state index contributed by atoms with van der Waals surface area (Å²) in [7, 11) is 0. The van der Waals surface area contributed by atoms with E-state index < -0.39 is 5.82 Å². The van der Waals surface area contributed by atoms with E-state index in [4.69, 9.17) is 27.5 Å².